The average Bonchev–Trinajstić information content (AvgIpc) is 2.10. The number of nitrogens with one attached hydrogen (secondary N) is 1. The van der Waals surface area contributed by atoms with Gasteiger partial charge in [-0.1, -0.05) is 46.4 Å². The molecule has 1 heterocycles. The molecule has 0 aliphatic carbocycles. The van der Waals surface area contributed by atoms with Crippen molar-refractivity contribution in [2.24, 2.45) is 0 Å². The summed E-state index contributed by atoms with van der Waals surface area (Å²) in [6, 6.07) is 0. The van der Waals surface area contributed by atoms with E-state index >= 15 is 0 Å². The van der Waals surface area contributed by atoms with E-state index in [0.29, 0.717) is 5.82 Å². The summed E-state index contributed by atoms with van der Waals surface area (Å²) in [5.41, 5.74) is 0. The zero-order valence-corrected chi connectivity index (χ0v) is 8.06. The van der Waals surface area contributed by atoms with E-state index in [1.807, 2.05) is 0 Å². The highest BCUT2D eigenvalue weighted by Gasteiger charge is 2.02. The third-order valence-electron chi connectivity index (χ3n) is 0.883. The molecule has 0 amide bonds. The van der Waals surface area contributed by atoms with Gasteiger partial charge in [0.25, 0.3) is 0 Å². The first-order chi connectivity index (χ1) is 5.09. The lowest BCUT2D eigenvalue weighted by Crippen LogP contribution is -1.72. The lowest BCUT2D eigenvalue weighted by atomic mass is 10.6. The van der Waals surface area contributed by atoms with Crippen molar-refractivity contribution in [3.63, 3.8) is 0 Å². The van der Waals surface area contributed by atoms with Crippen LogP contribution < -0.4 is 0 Å². The average molecular weight is 232 g/mol. The number of imidazole rings is 1. The molecule has 0 aliphatic rings. The second-order valence-electron chi connectivity index (χ2n) is 1.66. The first-order valence-corrected chi connectivity index (χ1v) is 4.04. The Morgan fingerprint density at radius 3 is 2.36 bits per heavy atom. The van der Waals surface area contributed by atoms with Crippen LogP contribution in [-0.4, -0.2) is 9.97 Å². The van der Waals surface area contributed by atoms with Gasteiger partial charge in [0.15, 0.2) is 5.15 Å². The van der Waals surface area contributed by atoms with E-state index in [4.69, 9.17) is 46.4 Å². The molecule has 0 atom stereocenters. The van der Waals surface area contributed by atoms with Gasteiger partial charge in [-0.05, 0) is 0 Å². The van der Waals surface area contributed by atoms with Crippen LogP contribution in [0.3, 0.4) is 0 Å². The number of aromatic nitrogens is 2. The molecule has 0 aromatic carbocycles. The SMILES string of the molecule is ClC(Cl)=Cc1nc(Cl)c(Cl)[nH]1. The molecular formula is C5H2Cl4N2. The van der Waals surface area contributed by atoms with E-state index in [2.05, 4.69) is 9.97 Å². The molecule has 0 bridgehead atoms. The van der Waals surface area contributed by atoms with Crippen molar-refractivity contribution in [2.75, 3.05) is 0 Å². The summed E-state index contributed by atoms with van der Waals surface area (Å²) < 4.78 is 0.0899. The van der Waals surface area contributed by atoms with E-state index < -0.39 is 0 Å². The Hall–Kier alpha value is 0.110. The maximum absolute atomic E-state index is 5.55. The summed E-state index contributed by atoms with van der Waals surface area (Å²) in [6.07, 6.45) is 1.40. The van der Waals surface area contributed by atoms with Crippen LogP contribution in [0.4, 0.5) is 0 Å². The fraction of sp³-hybridized carbons (Fsp3) is 0. The Labute approximate surface area is 83.1 Å². The van der Waals surface area contributed by atoms with Gasteiger partial charge in [0.1, 0.15) is 15.5 Å². The second-order valence-corrected chi connectivity index (χ2v) is 3.40. The predicted molar refractivity (Wildman–Crippen MR) is 48.3 cm³/mol. The number of rotatable bonds is 1. The van der Waals surface area contributed by atoms with Crippen molar-refractivity contribution >= 4 is 52.5 Å². The van der Waals surface area contributed by atoms with Gasteiger partial charge in [-0.25, -0.2) is 4.98 Å². The van der Waals surface area contributed by atoms with E-state index in [0.717, 1.165) is 0 Å². The standard InChI is InChI=1S/C5H2Cl4N2/c6-2(7)1-3-10-4(8)5(9)11-3/h1H,(H,10,11). The minimum Gasteiger partial charge on any atom is -0.328 e. The monoisotopic (exact) mass is 230 g/mol. The molecule has 1 rings (SSSR count). The van der Waals surface area contributed by atoms with Gasteiger partial charge in [0, 0.05) is 6.08 Å². The molecule has 0 aliphatic heterocycles. The minimum absolute atomic E-state index is 0.0899. The topological polar surface area (TPSA) is 28.7 Å². The highest BCUT2D eigenvalue weighted by molar-refractivity contribution is 6.57. The van der Waals surface area contributed by atoms with Gasteiger partial charge < -0.3 is 4.98 Å². The Morgan fingerprint density at radius 2 is 2.00 bits per heavy atom. The summed E-state index contributed by atoms with van der Waals surface area (Å²) in [5.74, 6) is 0.431. The molecule has 1 aromatic rings. The molecule has 0 radical (unpaired) electrons. The quantitative estimate of drug-likeness (QED) is 0.788. The molecular weight excluding hydrogens is 230 g/mol. The zero-order chi connectivity index (χ0) is 8.43. The Balaban J connectivity index is 2.98. The van der Waals surface area contributed by atoms with Crippen LogP contribution in [0, 0.1) is 0 Å². The number of nitrogens with zero attached hydrogens (tertiary/aromatic N) is 1. The first-order valence-electron chi connectivity index (χ1n) is 2.53. The molecule has 2 nitrogen and oxygen atoms in total. The number of hydrogen-bond donors (Lipinski definition) is 1. The van der Waals surface area contributed by atoms with Gasteiger partial charge in [0.2, 0.25) is 0 Å². The van der Waals surface area contributed by atoms with Crippen molar-refractivity contribution < 1.29 is 0 Å². The van der Waals surface area contributed by atoms with Gasteiger partial charge >= 0.3 is 0 Å². The number of halogens is 4. The maximum Gasteiger partial charge on any atom is 0.166 e. The van der Waals surface area contributed by atoms with Gasteiger partial charge in [-0.2, -0.15) is 0 Å². The van der Waals surface area contributed by atoms with Crippen molar-refractivity contribution in [3.05, 3.63) is 20.6 Å². The maximum atomic E-state index is 5.55. The van der Waals surface area contributed by atoms with Crippen LogP contribution >= 0.6 is 46.4 Å². The normalized spacial score (nSPS) is 9.82. The third kappa shape index (κ3) is 2.56. The van der Waals surface area contributed by atoms with Crippen LogP contribution in [0.5, 0.6) is 0 Å². The first kappa shape index (κ1) is 9.20. The molecule has 0 saturated heterocycles. The lowest BCUT2D eigenvalue weighted by molar-refractivity contribution is 1.27. The van der Waals surface area contributed by atoms with E-state index in [1.165, 1.54) is 6.08 Å². The molecule has 6 heteroatoms. The molecule has 0 saturated carbocycles. The Kier molecular flexibility index (Phi) is 3.07. The van der Waals surface area contributed by atoms with Gasteiger partial charge in [-0.3, -0.25) is 0 Å². The Morgan fingerprint density at radius 1 is 1.36 bits per heavy atom. The summed E-state index contributed by atoms with van der Waals surface area (Å²) in [4.78, 5) is 6.44. The fourth-order valence-corrected chi connectivity index (χ4v) is 1.00. The molecule has 0 fully saturated rings. The second kappa shape index (κ2) is 3.68. The number of aromatic amines is 1. The predicted octanol–water partition coefficient (Wildman–Crippen LogP) is 3.49. The fourth-order valence-electron chi connectivity index (χ4n) is 0.519. The summed E-state index contributed by atoms with van der Waals surface area (Å²) >= 11 is 21.8. The largest absolute Gasteiger partial charge is 0.328 e. The van der Waals surface area contributed by atoms with Crippen LogP contribution in [0.1, 0.15) is 5.82 Å². The molecule has 0 unspecified atom stereocenters. The molecule has 0 spiro atoms. The third-order valence-corrected chi connectivity index (χ3v) is 1.75. The summed E-state index contributed by atoms with van der Waals surface area (Å²) in [6.45, 7) is 0. The van der Waals surface area contributed by atoms with Crippen molar-refractivity contribution in [1.29, 1.82) is 0 Å². The van der Waals surface area contributed by atoms with Crippen molar-refractivity contribution in [3.8, 4) is 0 Å². The molecule has 1 aromatic heterocycles. The lowest BCUT2D eigenvalue weighted by Gasteiger charge is -1.81. The zero-order valence-electron chi connectivity index (χ0n) is 5.04. The summed E-state index contributed by atoms with van der Waals surface area (Å²) in [7, 11) is 0. The number of H-pyrrole nitrogens is 1. The van der Waals surface area contributed by atoms with Crippen molar-refractivity contribution in [1.82, 2.24) is 9.97 Å². The molecule has 11 heavy (non-hydrogen) atoms. The van der Waals surface area contributed by atoms with Crippen LogP contribution in [0.15, 0.2) is 4.49 Å². The van der Waals surface area contributed by atoms with E-state index in [1.54, 1.807) is 0 Å². The molecule has 1 N–H and O–H groups in total. The Bertz CT molecular complexity index is 267. The van der Waals surface area contributed by atoms with E-state index in [-0.39, 0.29) is 14.8 Å². The van der Waals surface area contributed by atoms with Crippen molar-refractivity contribution in [2.45, 2.75) is 0 Å². The van der Waals surface area contributed by atoms with Crippen LogP contribution in [-0.2, 0) is 0 Å². The molecule has 60 valence electrons. The number of hydrogen-bond acceptors (Lipinski definition) is 1. The smallest absolute Gasteiger partial charge is 0.166 e. The highest BCUT2D eigenvalue weighted by atomic mass is 35.5. The minimum atomic E-state index is 0.0899. The van der Waals surface area contributed by atoms with E-state index in [9.17, 15) is 0 Å². The van der Waals surface area contributed by atoms with Gasteiger partial charge in [-0.15, -0.1) is 0 Å². The summed E-state index contributed by atoms with van der Waals surface area (Å²) in [5, 5.41) is 0.472. The van der Waals surface area contributed by atoms with Crippen LogP contribution in [0.2, 0.25) is 10.3 Å². The van der Waals surface area contributed by atoms with Crippen LogP contribution in [0.25, 0.3) is 6.08 Å². The van der Waals surface area contributed by atoms with Gasteiger partial charge in [0.05, 0.1) is 0 Å². The highest BCUT2D eigenvalue weighted by Crippen LogP contribution is 2.20.